The molecule has 1 rings (SSSR count). The minimum absolute atomic E-state index is 0.235. The number of carbonyl (C=O) groups is 1. The first-order valence-electron chi connectivity index (χ1n) is 6.90. The van der Waals surface area contributed by atoms with E-state index < -0.39 is 17.5 Å². The van der Waals surface area contributed by atoms with E-state index in [1.807, 2.05) is 6.92 Å². The van der Waals surface area contributed by atoms with Crippen molar-refractivity contribution in [3.8, 4) is 0 Å². The van der Waals surface area contributed by atoms with Crippen LogP contribution in [0.4, 0.5) is 13.2 Å². The molecule has 1 aliphatic rings. The highest BCUT2D eigenvalue weighted by atomic mass is 19.4. The van der Waals surface area contributed by atoms with E-state index in [0.29, 0.717) is 18.9 Å². The van der Waals surface area contributed by atoms with Crippen molar-refractivity contribution in [3.63, 3.8) is 0 Å². The van der Waals surface area contributed by atoms with Gasteiger partial charge in [0.05, 0.1) is 5.92 Å². The maximum Gasteiger partial charge on any atom is 0.391 e. The molecule has 0 N–H and O–H groups in total. The summed E-state index contributed by atoms with van der Waals surface area (Å²) in [5, 5.41) is 0. The van der Waals surface area contributed by atoms with Crippen LogP contribution in [-0.4, -0.2) is 36.0 Å². The summed E-state index contributed by atoms with van der Waals surface area (Å²) in [5.41, 5.74) is -0.578. The van der Waals surface area contributed by atoms with Gasteiger partial charge in [-0.25, -0.2) is 0 Å². The number of halogens is 3. The second kappa shape index (κ2) is 5.81. The van der Waals surface area contributed by atoms with Gasteiger partial charge in [-0.3, -0.25) is 4.79 Å². The van der Waals surface area contributed by atoms with Crippen molar-refractivity contribution in [2.24, 2.45) is 11.3 Å². The van der Waals surface area contributed by atoms with Crippen LogP contribution in [0, 0.1) is 11.3 Å². The first-order chi connectivity index (χ1) is 8.56. The van der Waals surface area contributed by atoms with E-state index in [2.05, 4.69) is 18.7 Å². The van der Waals surface area contributed by atoms with Crippen molar-refractivity contribution in [1.29, 1.82) is 0 Å². The van der Waals surface area contributed by atoms with Crippen LogP contribution in [0.3, 0.4) is 0 Å². The molecule has 0 radical (unpaired) electrons. The molecule has 0 amide bonds. The van der Waals surface area contributed by atoms with Crippen LogP contribution in [0.25, 0.3) is 0 Å². The van der Waals surface area contributed by atoms with Gasteiger partial charge in [0.1, 0.15) is 5.78 Å². The topological polar surface area (TPSA) is 20.3 Å². The highest BCUT2D eigenvalue weighted by Crippen LogP contribution is 2.37. The van der Waals surface area contributed by atoms with E-state index >= 15 is 0 Å². The molecule has 1 heterocycles. The third-order valence-electron chi connectivity index (χ3n) is 4.36. The van der Waals surface area contributed by atoms with Crippen LogP contribution in [-0.2, 0) is 4.79 Å². The van der Waals surface area contributed by atoms with E-state index in [1.165, 1.54) is 0 Å². The summed E-state index contributed by atoms with van der Waals surface area (Å²) in [6.07, 6.45) is -3.34. The van der Waals surface area contributed by atoms with Gasteiger partial charge in [0.2, 0.25) is 0 Å². The predicted octanol–water partition coefficient (Wildman–Crippen LogP) is 3.65. The smallest absolute Gasteiger partial charge is 0.301 e. The second-order valence-electron chi connectivity index (χ2n) is 6.26. The fourth-order valence-corrected chi connectivity index (χ4v) is 2.45. The minimum atomic E-state index is -4.27. The molecule has 2 nitrogen and oxygen atoms in total. The van der Waals surface area contributed by atoms with Crippen LogP contribution in [0.1, 0.15) is 47.0 Å². The normalized spacial score (nSPS) is 22.5. The number of carbonyl (C=O) groups excluding carboxylic acids is 1. The summed E-state index contributed by atoms with van der Waals surface area (Å²) in [7, 11) is 0. The Morgan fingerprint density at radius 3 is 2.05 bits per heavy atom. The molecule has 19 heavy (non-hydrogen) atoms. The van der Waals surface area contributed by atoms with Crippen LogP contribution >= 0.6 is 0 Å². The number of likely N-dealkylation sites (tertiary alicyclic amines) is 1. The van der Waals surface area contributed by atoms with Gasteiger partial charge in [0, 0.05) is 17.9 Å². The zero-order chi connectivity index (χ0) is 14.8. The van der Waals surface area contributed by atoms with E-state index in [0.717, 1.165) is 20.0 Å². The number of hydrogen-bond acceptors (Lipinski definition) is 2. The number of alkyl halides is 3. The predicted molar refractivity (Wildman–Crippen MR) is 68.9 cm³/mol. The molecule has 0 aliphatic carbocycles. The van der Waals surface area contributed by atoms with Gasteiger partial charge in [0.25, 0.3) is 0 Å². The minimum Gasteiger partial charge on any atom is -0.301 e. The Bertz CT molecular complexity index is 317. The molecule has 112 valence electrons. The number of nitrogens with zero attached hydrogens (tertiary/aromatic N) is 1. The quantitative estimate of drug-likeness (QED) is 0.783. The average Bonchev–Trinajstić information content (AvgIpc) is 2.28. The summed E-state index contributed by atoms with van der Waals surface area (Å²) >= 11 is 0. The Morgan fingerprint density at radius 1 is 1.21 bits per heavy atom. The summed E-state index contributed by atoms with van der Waals surface area (Å²) in [6.45, 7) is 8.67. The molecule has 1 saturated heterocycles. The molecule has 0 aromatic carbocycles. The largest absolute Gasteiger partial charge is 0.391 e. The van der Waals surface area contributed by atoms with Crippen LogP contribution in [0.5, 0.6) is 0 Å². The Labute approximate surface area is 113 Å². The highest BCUT2D eigenvalue weighted by Gasteiger charge is 2.42. The third kappa shape index (κ3) is 4.20. The van der Waals surface area contributed by atoms with Crippen LogP contribution in [0.15, 0.2) is 0 Å². The fourth-order valence-electron chi connectivity index (χ4n) is 2.45. The standard InChI is InChI=1S/C14H24F3NO/c1-10(2)18-7-5-13(4,6-8-18)12(19)9-11(3)14(15,16)17/h10-11H,5-9H2,1-4H3. The van der Waals surface area contributed by atoms with Gasteiger partial charge < -0.3 is 4.90 Å². The Kier molecular flexibility index (Phi) is 5.04. The van der Waals surface area contributed by atoms with E-state index in [1.54, 1.807) is 0 Å². The zero-order valence-electron chi connectivity index (χ0n) is 12.2. The van der Waals surface area contributed by atoms with E-state index in [9.17, 15) is 18.0 Å². The lowest BCUT2D eigenvalue weighted by Crippen LogP contribution is -2.45. The van der Waals surface area contributed by atoms with Crippen molar-refractivity contribution < 1.29 is 18.0 Å². The van der Waals surface area contributed by atoms with Crippen LogP contribution < -0.4 is 0 Å². The molecule has 1 aliphatic heterocycles. The van der Waals surface area contributed by atoms with Gasteiger partial charge in [-0.05, 0) is 39.8 Å². The number of Topliss-reactive ketones (excluding diaryl/α,β-unsaturated/α-hetero) is 1. The number of rotatable bonds is 4. The first-order valence-corrected chi connectivity index (χ1v) is 6.90. The monoisotopic (exact) mass is 279 g/mol. The van der Waals surface area contributed by atoms with Gasteiger partial charge in [0.15, 0.2) is 0 Å². The van der Waals surface area contributed by atoms with Gasteiger partial charge >= 0.3 is 6.18 Å². The summed E-state index contributed by atoms with van der Waals surface area (Å²) in [6, 6.07) is 0.425. The van der Waals surface area contributed by atoms with Crippen LogP contribution in [0.2, 0.25) is 0 Å². The molecule has 1 unspecified atom stereocenters. The lowest BCUT2D eigenvalue weighted by Gasteiger charge is -2.40. The van der Waals surface area contributed by atoms with E-state index in [4.69, 9.17) is 0 Å². The SMILES string of the molecule is CC(C)N1CCC(C)(C(=O)CC(C)C(F)(F)F)CC1. The lowest BCUT2D eigenvalue weighted by atomic mass is 9.74. The highest BCUT2D eigenvalue weighted by molar-refractivity contribution is 5.84. The third-order valence-corrected chi connectivity index (χ3v) is 4.36. The molecule has 1 atom stereocenters. The van der Waals surface area contributed by atoms with Crippen molar-refractivity contribution in [3.05, 3.63) is 0 Å². The molecule has 0 bridgehead atoms. The molecule has 0 aromatic rings. The molecule has 0 spiro atoms. The molecule has 1 fully saturated rings. The molecule has 5 heteroatoms. The average molecular weight is 279 g/mol. The lowest BCUT2D eigenvalue weighted by molar-refractivity contribution is -0.176. The van der Waals surface area contributed by atoms with Gasteiger partial charge in [-0.15, -0.1) is 0 Å². The van der Waals surface area contributed by atoms with Gasteiger partial charge in [-0.2, -0.15) is 13.2 Å². The molecular formula is C14H24F3NO. The number of piperidine rings is 1. The first kappa shape index (κ1) is 16.5. The summed E-state index contributed by atoms with van der Waals surface area (Å²) in [4.78, 5) is 14.4. The molecule has 0 saturated carbocycles. The summed E-state index contributed by atoms with van der Waals surface area (Å²) < 4.78 is 37.5. The Morgan fingerprint density at radius 2 is 1.68 bits per heavy atom. The van der Waals surface area contributed by atoms with Crippen molar-refractivity contribution in [1.82, 2.24) is 4.90 Å². The maximum absolute atomic E-state index is 12.5. The molecular weight excluding hydrogens is 255 g/mol. The number of ketones is 1. The van der Waals surface area contributed by atoms with Crippen molar-refractivity contribution in [2.75, 3.05) is 13.1 Å². The second-order valence-corrected chi connectivity index (χ2v) is 6.26. The fraction of sp³-hybridized carbons (Fsp3) is 0.929. The maximum atomic E-state index is 12.5. The Hall–Kier alpha value is -0.580. The van der Waals surface area contributed by atoms with Gasteiger partial charge in [-0.1, -0.05) is 13.8 Å². The van der Waals surface area contributed by atoms with Crippen molar-refractivity contribution >= 4 is 5.78 Å². The van der Waals surface area contributed by atoms with E-state index in [-0.39, 0.29) is 12.2 Å². The zero-order valence-corrected chi connectivity index (χ0v) is 12.2. The number of hydrogen-bond donors (Lipinski definition) is 0. The molecule has 0 aromatic heterocycles. The Balaban J connectivity index is 2.58. The van der Waals surface area contributed by atoms with Crippen molar-refractivity contribution in [2.45, 2.75) is 59.2 Å². The summed E-state index contributed by atoms with van der Waals surface area (Å²) in [5.74, 6) is -1.78.